The molecule has 2 aromatic heterocycles. The summed E-state index contributed by atoms with van der Waals surface area (Å²) in [6.45, 7) is 2.16. The van der Waals surface area contributed by atoms with Crippen molar-refractivity contribution in [3.63, 3.8) is 0 Å². The number of para-hydroxylation sites is 1. The van der Waals surface area contributed by atoms with E-state index in [9.17, 15) is 9.59 Å². The van der Waals surface area contributed by atoms with Gasteiger partial charge >= 0.3 is 0 Å². The van der Waals surface area contributed by atoms with Gasteiger partial charge in [-0.1, -0.05) is 18.2 Å². The normalized spacial score (nSPS) is 17.3. The summed E-state index contributed by atoms with van der Waals surface area (Å²) in [4.78, 5) is 36.4. The SMILES string of the molecule is CN[C@@H](C)C(=O)N[C@H]1CCc2ccccc2N(Cc2ccnc3ncccc23)C1=O. The lowest BCUT2D eigenvalue weighted by atomic mass is 10.1. The molecule has 1 aliphatic rings. The second-order valence-corrected chi connectivity index (χ2v) is 7.51. The number of likely N-dealkylation sites (N-methyl/N-ethyl adjacent to an activating group) is 1. The van der Waals surface area contributed by atoms with Crippen molar-refractivity contribution in [2.24, 2.45) is 0 Å². The predicted molar refractivity (Wildman–Crippen MR) is 116 cm³/mol. The molecule has 0 radical (unpaired) electrons. The zero-order valence-corrected chi connectivity index (χ0v) is 17.1. The van der Waals surface area contributed by atoms with E-state index in [0.29, 0.717) is 18.6 Å². The third-order valence-electron chi connectivity index (χ3n) is 5.63. The van der Waals surface area contributed by atoms with Gasteiger partial charge in [-0.05, 0) is 62.2 Å². The molecule has 0 fully saturated rings. The highest BCUT2D eigenvalue weighted by molar-refractivity contribution is 6.01. The molecular formula is C23H25N5O2. The molecule has 1 aliphatic heterocycles. The zero-order valence-electron chi connectivity index (χ0n) is 17.1. The van der Waals surface area contributed by atoms with Gasteiger partial charge in [-0.25, -0.2) is 9.97 Å². The van der Waals surface area contributed by atoms with Crippen LogP contribution < -0.4 is 15.5 Å². The van der Waals surface area contributed by atoms with E-state index in [2.05, 4.69) is 20.6 Å². The largest absolute Gasteiger partial charge is 0.343 e. The van der Waals surface area contributed by atoms with E-state index in [1.807, 2.05) is 42.5 Å². The van der Waals surface area contributed by atoms with Crippen LogP contribution in [-0.2, 0) is 22.6 Å². The summed E-state index contributed by atoms with van der Waals surface area (Å²) >= 11 is 0. The molecule has 0 saturated heterocycles. The molecule has 154 valence electrons. The summed E-state index contributed by atoms with van der Waals surface area (Å²) in [7, 11) is 1.73. The van der Waals surface area contributed by atoms with Gasteiger partial charge in [-0.2, -0.15) is 0 Å². The van der Waals surface area contributed by atoms with Crippen molar-refractivity contribution in [1.29, 1.82) is 0 Å². The maximum Gasteiger partial charge on any atom is 0.249 e. The molecule has 0 aliphatic carbocycles. The van der Waals surface area contributed by atoms with Crippen LogP contribution in [-0.4, -0.2) is 40.9 Å². The Bertz CT molecular complexity index is 1080. The molecule has 7 nitrogen and oxygen atoms in total. The molecule has 2 amide bonds. The Balaban J connectivity index is 1.70. The monoisotopic (exact) mass is 403 g/mol. The Labute approximate surface area is 175 Å². The molecule has 2 N–H and O–H groups in total. The third kappa shape index (κ3) is 3.89. The van der Waals surface area contributed by atoms with Gasteiger partial charge in [0.05, 0.1) is 12.6 Å². The summed E-state index contributed by atoms with van der Waals surface area (Å²) in [5, 5.41) is 6.77. The van der Waals surface area contributed by atoms with Crippen LogP contribution in [0.4, 0.5) is 5.69 Å². The number of fused-ring (bicyclic) bond motifs is 2. The minimum absolute atomic E-state index is 0.106. The van der Waals surface area contributed by atoms with Crippen LogP contribution in [0.1, 0.15) is 24.5 Å². The third-order valence-corrected chi connectivity index (χ3v) is 5.63. The van der Waals surface area contributed by atoms with Crippen molar-refractivity contribution >= 4 is 28.5 Å². The Hall–Kier alpha value is -3.32. The Morgan fingerprint density at radius 3 is 2.80 bits per heavy atom. The van der Waals surface area contributed by atoms with Crippen LogP contribution in [0.25, 0.3) is 11.0 Å². The molecule has 30 heavy (non-hydrogen) atoms. The van der Waals surface area contributed by atoms with Crippen molar-refractivity contribution < 1.29 is 9.59 Å². The van der Waals surface area contributed by atoms with Gasteiger partial charge < -0.3 is 15.5 Å². The van der Waals surface area contributed by atoms with E-state index in [1.54, 1.807) is 31.3 Å². The first-order valence-electron chi connectivity index (χ1n) is 10.1. The first-order valence-corrected chi connectivity index (χ1v) is 10.1. The number of rotatable bonds is 5. The molecular weight excluding hydrogens is 378 g/mol. The number of nitrogens with one attached hydrogen (secondary N) is 2. The maximum atomic E-state index is 13.6. The number of anilines is 1. The number of pyridine rings is 2. The molecule has 0 unspecified atom stereocenters. The summed E-state index contributed by atoms with van der Waals surface area (Å²) < 4.78 is 0. The van der Waals surface area contributed by atoms with Gasteiger partial charge in [0.1, 0.15) is 6.04 Å². The van der Waals surface area contributed by atoms with Crippen LogP contribution in [0.5, 0.6) is 0 Å². The number of nitrogens with zero attached hydrogens (tertiary/aromatic N) is 3. The van der Waals surface area contributed by atoms with Crippen LogP contribution in [0.3, 0.4) is 0 Å². The number of aryl methyl sites for hydroxylation is 1. The van der Waals surface area contributed by atoms with Gasteiger partial charge in [-0.3, -0.25) is 9.59 Å². The fourth-order valence-electron chi connectivity index (χ4n) is 3.79. The Kier molecular flexibility index (Phi) is 5.72. The number of benzene rings is 1. The molecule has 3 aromatic rings. The first kappa shape index (κ1) is 20.0. The van der Waals surface area contributed by atoms with E-state index in [-0.39, 0.29) is 17.9 Å². The molecule has 0 saturated carbocycles. The minimum Gasteiger partial charge on any atom is -0.343 e. The highest BCUT2D eigenvalue weighted by Crippen LogP contribution is 2.29. The second kappa shape index (κ2) is 8.59. The van der Waals surface area contributed by atoms with Crippen molar-refractivity contribution in [2.45, 2.75) is 38.4 Å². The molecule has 1 aromatic carbocycles. The number of hydrogen-bond acceptors (Lipinski definition) is 5. The fraction of sp³-hybridized carbons (Fsp3) is 0.304. The number of amides is 2. The summed E-state index contributed by atoms with van der Waals surface area (Å²) in [5.74, 6) is -0.286. The lowest BCUT2D eigenvalue weighted by molar-refractivity contribution is -0.128. The quantitative estimate of drug-likeness (QED) is 0.682. The van der Waals surface area contributed by atoms with Gasteiger partial charge in [0, 0.05) is 23.5 Å². The van der Waals surface area contributed by atoms with E-state index in [4.69, 9.17) is 0 Å². The van der Waals surface area contributed by atoms with Crippen molar-refractivity contribution in [3.05, 3.63) is 66.0 Å². The van der Waals surface area contributed by atoms with Crippen molar-refractivity contribution in [3.8, 4) is 0 Å². The van der Waals surface area contributed by atoms with Crippen molar-refractivity contribution in [2.75, 3.05) is 11.9 Å². The minimum atomic E-state index is -0.577. The van der Waals surface area contributed by atoms with E-state index in [0.717, 1.165) is 28.6 Å². The number of aromatic nitrogens is 2. The lowest BCUT2D eigenvalue weighted by Gasteiger charge is -2.27. The first-order chi connectivity index (χ1) is 14.6. The molecule has 2 atom stereocenters. The molecule has 0 spiro atoms. The smallest absolute Gasteiger partial charge is 0.249 e. The van der Waals surface area contributed by atoms with Crippen LogP contribution in [0.15, 0.2) is 54.9 Å². The number of hydrogen-bond donors (Lipinski definition) is 2. The Morgan fingerprint density at radius 1 is 1.17 bits per heavy atom. The average Bonchev–Trinajstić information content (AvgIpc) is 2.91. The van der Waals surface area contributed by atoms with E-state index < -0.39 is 6.04 Å². The predicted octanol–water partition coefficient (Wildman–Crippen LogP) is 2.20. The average molecular weight is 403 g/mol. The summed E-state index contributed by atoms with van der Waals surface area (Å²) in [6.07, 6.45) is 4.70. The molecule has 3 heterocycles. The fourth-order valence-corrected chi connectivity index (χ4v) is 3.79. The van der Waals surface area contributed by atoms with Gasteiger partial charge in [0.2, 0.25) is 11.8 Å². The van der Waals surface area contributed by atoms with Gasteiger partial charge in [-0.15, -0.1) is 0 Å². The summed E-state index contributed by atoms with van der Waals surface area (Å²) in [5.41, 5.74) is 3.60. The number of carbonyl (C=O) groups is 2. The van der Waals surface area contributed by atoms with Gasteiger partial charge in [0.25, 0.3) is 0 Å². The van der Waals surface area contributed by atoms with Gasteiger partial charge in [0.15, 0.2) is 5.65 Å². The maximum absolute atomic E-state index is 13.6. The van der Waals surface area contributed by atoms with Crippen LogP contribution in [0, 0.1) is 0 Å². The highest BCUT2D eigenvalue weighted by Gasteiger charge is 2.32. The highest BCUT2D eigenvalue weighted by atomic mass is 16.2. The lowest BCUT2D eigenvalue weighted by Crippen LogP contribution is -2.52. The zero-order chi connectivity index (χ0) is 21.1. The van der Waals surface area contributed by atoms with Crippen molar-refractivity contribution in [1.82, 2.24) is 20.6 Å². The molecule has 7 heteroatoms. The standard InChI is InChI=1S/C23H25N5O2/c1-15(24-2)22(29)27-19-10-9-16-6-3-4-8-20(16)28(23(19)30)14-17-11-13-26-21-18(17)7-5-12-25-21/h3-8,11-13,15,19,24H,9-10,14H2,1-2H3,(H,27,29)/t15-,19-/m0/s1. The molecule has 4 rings (SSSR count). The van der Waals surface area contributed by atoms with Crippen LogP contribution in [0.2, 0.25) is 0 Å². The van der Waals surface area contributed by atoms with E-state index >= 15 is 0 Å². The Morgan fingerprint density at radius 2 is 1.97 bits per heavy atom. The van der Waals surface area contributed by atoms with E-state index in [1.165, 1.54) is 0 Å². The second-order valence-electron chi connectivity index (χ2n) is 7.51. The number of carbonyl (C=O) groups excluding carboxylic acids is 2. The molecule has 0 bridgehead atoms. The topological polar surface area (TPSA) is 87.2 Å². The summed E-state index contributed by atoms with van der Waals surface area (Å²) in [6, 6.07) is 12.7. The van der Waals surface area contributed by atoms with Crippen LogP contribution >= 0.6 is 0 Å².